The van der Waals surface area contributed by atoms with E-state index in [1.165, 1.54) is 0 Å². The van der Waals surface area contributed by atoms with E-state index in [4.69, 9.17) is 9.47 Å². The Labute approximate surface area is 116 Å². The number of carbonyl (C=O) groups excluding carboxylic acids is 1. The minimum Gasteiger partial charge on any atom is -0.385 e. The van der Waals surface area contributed by atoms with Crippen molar-refractivity contribution in [2.75, 3.05) is 33.5 Å². The first kappa shape index (κ1) is 16.2. The van der Waals surface area contributed by atoms with Crippen LogP contribution in [0, 0.1) is 5.92 Å². The number of ether oxygens (including phenoxy) is 2. The van der Waals surface area contributed by atoms with Crippen molar-refractivity contribution in [1.29, 1.82) is 0 Å². The van der Waals surface area contributed by atoms with E-state index in [-0.39, 0.29) is 18.1 Å². The van der Waals surface area contributed by atoms with Crippen molar-refractivity contribution < 1.29 is 14.3 Å². The summed E-state index contributed by atoms with van der Waals surface area (Å²) in [7, 11) is 1.68. The van der Waals surface area contributed by atoms with Crippen LogP contribution in [0.5, 0.6) is 0 Å². The zero-order chi connectivity index (χ0) is 14.3. The van der Waals surface area contributed by atoms with Gasteiger partial charge in [-0.25, -0.2) is 4.79 Å². The minimum atomic E-state index is 0.0255. The maximum Gasteiger partial charge on any atom is 0.318 e. The lowest BCUT2D eigenvalue weighted by atomic mass is 10.0. The van der Waals surface area contributed by atoms with Gasteiger partial charge in [0, 0.05) is 26.3 Å². The van der Waals surface area contributed by atoms with Crippen molar-refractivity contribution in [3.05, 3.63) is 0 Å². The van der Waals surface area contributed by atoms with E-state index in [0.717, 1.165) is 12.8 Å². The van der Waals surface area contributed by atoms with E-state index in [1.807, 2.05) is 11.8 Å². The third-order valence-corrected chi connectivity index (χ3v) is 3.36. The molecule has 2 amide bonds. The highest BCUT2D eigenvalue weighted by Gasteiger charge is 2.28. The standard InChI is InChI=1S/C14H28N2O3/c1-11(2)9-13-10-19-8-6-16(13)14(17)15-12(3)5-7-18-4/h11-13H,5-10H2,1-4H3,(H,15,17)/t12-,13+/m0/s1. The molecule has 0 aromatic heterocycles. The Bertz CT molecular complexity index is 271. The molecule has 5 nitrogen and oxygen atoms in total. The molecule has 1 rings (SSSR count). The fourth-order valence-corrected chi connectivity index (χ4v) is 2.32. The highest BCUT2D eigenvalue weighted by molar-refractivity contribution is 5.75. The predicted octanol–water partition coefficient (Wildman–Crippen LogP) is 1.87. The Morgan fingerprint density at radius 3 is 2.84 bits per heavy atom. The zero-order valence-corrected chi connectivity index (χ0v) is 12.6. The summed E-state index contributed by atoms with van der Waals surface area (Å²) in [6.45, 7) is 8.99. The Hall–Kier alpha value is -0.810. The molecule has 1 N–H and O–H groups in total. The number of hydrogen-bond donors (Lipinski definition) is 1. The SMILES string of the molecule is COCC[C@H](C)NC(=O)N1CCOC[C@H]1CC(C)C. The van der Waals surface area contributed by atoms with Gasteiger partial charge in [0.05, 0.1) is 19.3 Å². The molecule has 0 spiro atoms. The van der Waals surface area contributed by atoms with E-state index >= 15 is 0 Å². The van der Waals surface area contributed by atoms with E-state index in [2.05, 4.69) is 19.2 Å². The van der Waals surface area contributed by atoms with Gasteiger partial charge in [-0.05, 0) is 25.7 Å². The summed E-state index contributed by atoms with van der Waals surface area (Å²) >= 11 is 0. The van der Waals surface area contributed by atoms with Gasteiger partial charge in [-0.15, -0.1) is 0 Å². The number of nitrogens with zero attached hydrogens (tertiary/aromatic N) is 1. The summed E-state index contributed by atoms with van der Waals surface area (Å²) in [6.07, 6.45) is 1.82. The van der Waals surface area contributed by atoms with Crippen molar-refractivity contribution in [1.82, 2.24) is 10.2 Å². The lowest BCUT2D eigenvalue weighted by molar-refractivity contribution is 0.00493. The maximum absolute atomic E-state index is 12.3. The van der Waals surface area contributed by atoms with Crippen molar-refractivity contribution in [3.63, 3.8) is 0 Å². The first-order valence-corrected chi connectivity index (χ1v) is 7.18. The molecule has 112 valence electrons. The van der Waals surface area contributed by atoms with Crippen molar-refractivity contribution in [2.24, 2.45) is 5.92 Å². The fourth-order valence-electron chi connectivity index (χ4n) is 2.32. The average molecular weight is 272 g/mol. The van der Waals surface area contributed by atoms with Crippen LogP contribution >= 0.6 is 0 Å². The van der Waals surface area contributed by atoms with Gasteiger partial charge in [-0.3, -0.25) is 0 Å². The summed E-state index contributed by atoms with van der Waals surface area (Å²) in [5, 5.41) is 3.04. The minimum absolute atomic E-state index is 0.0255. The monoisotopic (exact) mass is 272 g/mol. The zero-order valence-electron chi connectivity index (χ0n) is 12.6. The summed E-state index contributed by atoms with van der Waals surface area (Å²) < 4.78 is 10.5. The molecule has 0 radical (unpaired) electrons. The van der Waals surface area contributed by atoms with Gasteiger partial charge in [0.1, 0.15) is 0 Å². The summed E-state index contributed by atoms with van der Waals surface area (Å²) in [4.78, 5) is 14.2. The molecule has 1 aliphatic rings. The molecule has 1 fully saturated rings. The summed E-state index contributed by atoms with van der Waals surface area (Å²) in [6, 6.07) is 0.357. The third-order valence-electron chi connectivity index (χ3n) is 3.36. The molecule has 1 heterocycles. The quantitative estimate of drug-likeness (QED) is 0.803. The van der Waals surface area contributed by atoms with Crippen molar-refractivity contribution in [2.45, 2.75) is 45.7 Å². The molecule has 0 unspecified atom stereocenters. The number of hydrogen-bond acceptors (Lipinski definition) is 3. The average Bonchev–Trinajstić information content (AvgIpc) is 2.36. The molecule has 19 heavy (non-hydrogen) atoms. The summed E-state index contributed by atoms with van der Waals surface area (Å²) in [5.41, 5.74) is 0. The number of nitrogens with one attached hydrogen (secondary N) is 1. The van der Waals surface area contributed by atoms with E-state index in [9.17, 15) is 4.79 Å². The second kappa shape index (κ2) is 8.38. The summed E-state index contributed by atoms with van der Waals surface area (Å²) in [5.74, 6) is 0.563. The molecular weight excluding hydrogens is 244 g/mol. The second-order valence-corrected chi connectivity index (χ2v) is 5.68. The van der Waals surface area contributed by atoms with Crippen LogP contribution in [0.15, 0.2) is 0 Å². The van der Waals surface area contributed by atoms with Crippen molar-refractivity contribution in [3.8, 4) is 0 Å². The first-order chi connectivity index (χ1) is 9.04. The van der Waals surface area contributed by atoms with Gasteiger partial charge in [0.15, 0.2) is 0 Å². The topological polar surface area (TPSA) is 50.8 Å². The maximum atomic E-state index is 12.3. The van der Waals surface area contributed by atoms with Crippen LogP contribution in [0.1, 0.15) is 33.6 Å². The van der Waals surface area contributed by atoms with Crippen molar-refractivity contribution >= 4 is 6.03 Å². The normalized spacial score (nSPS) is 21.5. The molecule has 1 aliphatic heterocycles. The lowest BCUT2D eigenvalue weighted by Gasteiger charge is -2.37. The number of morpholine rings is 1. The van der Waals surface area contributed by atoms with Crippen LogP contribution in [0.4, 0.5) is 4.79 Å². The predicted molar refractivity (Wildman–Crippen MR) is 75.3 cm³/mol. The molecule has 5 heteroatoms. The second-order valence-electron chi connectivity index (χ2n) is 5.68. The van der Waals surface area contributed by atoms with Crippen LogP contribution in [-0.2, 0) is 9.47 Å². The molecular formula is C14H28N2O3. The molecule has 0 saturated carbocycles. The Morgan fingerprint density at radius 2 is 2.21 bits per heavy atom. The number of methoxy groups -OCH3 is 1. The van der Waals surface area contributed by atoms with Crippen LogP contribution in [0.25, 0.3) is 0 Å². The molecule has 2 atom stereocenters. The smallest absolute Gasteiger partial charge is 0.318 e. The molecule has 0 aromatic rings. The van der Waals surface area contributed by atoms with Gasteiger partial charge in [-0.2, -0.15) is 0 Å². The molecule has 0 aliphatic carbocycles. The largest absolute Gasteiger partial charge is 0.385 e. The van der Waals surface area contributed by atoms with E-state index < -0.39 is 0 Å². The Balaban J connectivity index is 2.47. The van der Waals surface area contributed by atoms with Crippen LogP contribution in [0.3, 0.4) is 0 Å². The highest BCUT2D eigenvalue weighted by atomic mass is 16.5. The fraction of sp³-hybridized carbons (Fsp3) is 0.929. The number of amides is 2. The Morgan fingerprint density at radius 1 is 1.47 bits per heavy atom. The molecule has 0 aromatic carbocycles. The highest BCUT2D eigenvalue weighted by Crippen LogP contribution is 2.16. The lowest BCUT2D eigenvalue weighted by Crippen LogP contribution is -2.54. The third kappa shape index (κ3) is 5.78. The van der Waals surface area contributed by atoms with Crippen LogP contribution in [-0.4, -0.2) is 56.5 Å². The number of rotatable bonds is 6. The van der Waals surface area contributed by atoms with Gasteiger partial charge in [0.2, 0.25) is 0 Å². The Kier molecular flexibility index (Phi) is 7.16. The van der Waals surface area contributed by atoms with E-state index in [0.29, 0.717) is 32.3 Å². The molecule has 1 saturated heterocycles. The van der Waals surface area contributed by atoms with Gasteiger partial charge < -0.3 is 19.7 Å². The van der Waals surface area contributed by atoms with Crippen LogP contribution in [0.2, 0.25) is 0 Å². The molecule has 0 bridgehead atoms. The van der Waals surface area contributed by atoms with Gasteiger partial charge in [0.25, 0.3) is 0 Å². The number of carbonyl (C=O) groups is 1. The van der Waals surface area contributed by atoms with E-state index in [1.54, 1.807) is 7.11 Å². The number of urea groups is 1. The first-order valence-electron chi connectivity index (χ1n) is 7.18. The van der Waals surface area contributed by atoms with Gasteiger partial charge in [-0.1, -0.05) is 13.8 Å². The van der Waals surface area contributed by atoms with Gasteiger partial charge >= 0.3 is 6.03 Å². The van der Waals surface area contributed by atoms with Crippen LogP contribution < -0.4 is 5.32 Å².